The Balaban J connectivity index is 1.43. The number of carbonyl (C=O) groups is 1. The average Bonchev–Trinajstić information content (AvgIpc) is 3.13. The van der Waals surface area contributed by atoms with Crippen LogP contribution in [0, 0.1) is 6.92 Å². The molecule has 0 unspecified atom stereocenters. The highest BCUT2D eigenvalue weighted by Gasteiger charge is 2.35. The van der Waals surface area contributed by atoms with E-state index in [2.05, 4.69) is 24.0 Å². The third-order valence-electron chi connectivity index (χ3n) is 5.99. The lowest BCUT2D eigenvalue weighted by molar-refractivity contribution is 0.0872. The van der Waals surface area contributed by atoms with E-state index in [0.717, 1.165) is 46.0 Å². The molecule has 0 atom stereocenters. The number of hydrogen-bond acceptors (Lipinski definition) is 4. The van der Waals surface area contributed by atoms with Gasteiger partial charge in [-0.1, -0.05) is 54.9 Å². The lowest BCUT2D eigenvalue weighted by atomic mass is 9.98. The molecule has 0 saturated carbocycles. The summed E-state index contributed by atoms with van der Waals surface area (Å²) in [6.45, 7) is 5.90. The molecule has 0 saturated heterocycles. The molecule has 2 aliphatic rings. The molecule has 0 radical (unpaired) electrons. The van der Waals surface area contributed by atoms with Crippen molar-refractivity contribution in [3.05, 3.63) is 98.8 Å². The van der Waals surface area contributed by atoms with E-state index in [1.165, 1.54) is 5.56 Å². The number of carbonyl (C=O) groups excluding carboxylic acids is 1. The standard InChI is InChI=1S/C27H24ClNO3/c1-3-18-4-6-19(7-5-18)13-24-26(30)25-17(2)12-23-22(27(25)32-24)15-29(16-31-23)14-20-8-10-21(28)11-9-20/h4-13H,3,14-16H2,1-2H3/b24-13-. The number of rotatable bonds is 4. The summed E-state index contributed by atoms with van der Waals surface area (Å²) < 4.78 is 12.2. The first kappa shape index (κ1) is 20.8. The molecule has 0 spiro atoms. The minimum absolute atomic E-state index is 0.0744. The first-order valence-electron chi connectivity index (χ1n) is 10.8. The Kier molecular flexibility index (Phi) is 5.50. The van der Waals surface area contributed by atoms with Crippen LogP contribution in [-0.4, -0.2) is 17.4 Å². The van der Waals surface area contributed by atoms with Crippen molar-refractivity contribution < 1.29 is 14.3 Å². The number of ether oxygens (including phenoxy) is 2. The summed E-state index contributed by atoms with van der Waals surface area (Å²) in [7, 11) is 0. The van der Waals surface area contributed by atoms with Gasteiger partial charge in [0.1, 0.15) is 18.2 Å². The van der Waals surface area contributed by atoms with Crippen LogP contribution in [0.5, 0.6) is 11.5 Å². The Morgan fingerprint density at radius 1 is 1.06 bits per heavy atom. The SMILES string of the molecule is CCc1ccc(/C=C2\Oc3c4c(cc(C)c3C2=O)OCN(Cc2ccc(Cl)cc2)C4)cc1. The number of ketones is 1. The van der Waals surface area contributed by atoms with Gasteiger partial charge in [0, 0.05) is 18.1 Å². The second-order valence-electron chi connectivity index (χ2n) is 8.30. The fourth-order valence-electron chi connectivity index (χ4n) is 4.23. The van der Waals surface area contributed by atoms with E-state index < -0.39 is 0 Å². The Hall–Kier alpha value is -3.08. The lowest BCUT2D eigenvalue weighted by Crippen LogP contribution is -2.31. The molecule has 4 nitrogen and oxygen atoms in total. The van der Waals surface area contributed by atoms with Gasteiger partial charge in [-0.05, 0) is 59.9 Å². The van der Waals surface area contributed by atoms with Gasteiger partial charge in [0.05, 0.1) is 11.1 Å². The van der Waals surface area contributed by atoms with Gasteiger partial charge in [-0.2, -0.15) is 0 Å². The number of nitrogens with zero attached hydrogens (tertiary/aromatic N) is 1. The Morgan fingerprint density at radius 2 is 1.78 bits per heavy atom. The molecular weight excluding hydrogens is 422 g/mol. The molecule has 5 heteroatoms. The number of benzene rings is 3. The first-order valence-corrected chi connectivity index (χ1v) is 11.2. The second kappa shape index (κ2) is 8.45. The third-order valence-corrected chi connectivity index (χ3v) is 6.24. The molecular formula is C27H24ClNO3. The number of fused-ring (bicyclic) bond motifs is 3. The molecule has 5 rings (SSSR count). The summed E-state index contributed by atoms with van der Waals surface area (Å²) in [6, 6.07) is 18.0. The summed E-state index contributed by atoms with van der Waals surface area (Å²) in [5.74, 6) is 1.70. The number of aryl methyl sites for hydroxylation is 2. The van der Waals surface area contributed by atoms with Crippen LogP contribution in [0.2, 0.25) is 5.02 Å². The van der Waals surface area contributed by atoms with Crippen molar-refractivity contribution in [2.24, 2.45) is 0 Å². The molecule has 32 heavy (non-hydrogen) atoms. The van der Waals surface area contributed by atoms with Gasteiger partial charge in [0.25, 0.3) is 0 Å². The molecule has 2 heterocycles. The number of halogens is 1. The fraction of sp³-hybridized carbons (Fsp3) is 0.222. The zero-order valence-corrected chi connectivity index (χ0v) is 18.9. The maximum atomic E-state index is 13.2. The van der Waals surface area contributed by atoms with Crippen molar-refractivity contribution in [1.29, 1.82) is 0 Å². The smallest absolute Gasteiger partial charge is 0.232 e. The molecule has 3 aromatic carbocycles. The number of Topliss-reactive ketones (excluding diaryl/α,β-unsaturated/α-hetero) is 1. The summed E-state index contributed by atoms with van der Waals surface area (Å²) in [6.07, 6.45) is 2.80. The maximum absolute atomic E-state index is 13.2. The van der Waals surface area contributed by atoms with E-state index in [1.54, 1.807) is 0 Å². The van der Waals surface area contributed by atoms with Gasteiger partial charge in [-0.3, -0.25) is 9.69 Å². The van der Waals surface area contributed by atoms with Crippen molar-refractivity contribution >= 4 is 23.5 Å². The quantitative estimate of drug-likeness (QED) is 0.449. The maximum Gasteiger partial charge on any atom is 0.232 e. The van der Waals surface area contributed by atoms with E-state index >= 15 is 0 Å². The average molecular weight is 446 g/mol. The highest BCUT2D eigenvalue weighted by atomic mass is 35.5. The monoisotopic (exact) mass is 445 g/mol. The molecule has 0 bridgehead atoms. The van der Waals surface area contributed by atoms with Gasteiger partial charge in [0.15, 0.2) is 5.76 Å². The van der Waals surface area contributed by atoms with Crippen LogP contribution < -0.4 is 9.47 Å². The van der Waals surface area contributed by atoms with Gasteiger partial charge in [0.2, 0.25) is 5.78 Å². The van der Waals surface area contributed by atoms with Crippen LogP contribution >= 0.6 is 11.6 Å². The van der Waals surface area contributed by atoms with Gasteiger partial charge in [-0.15, -0.1) is 0 Å². The predicted octanol–water partition coefficient (Wildman–Crippen LogP) is 6.18. The number of allylic oxidation sites excluding steroid dienone is 1. The van der Waals surface area contributed by atoms with Gasteiger partial charge >= 0.3 is 0 Å². The van der Waals surface area contributed by atoms with E-state index in [1.807, 2.05) is 55.5 Å². The molecule has 3 aromatic rings. The first-order chi connectivity index (χ1) is 15.5. The highest BCUT2D eigenvalue weighted by molar-refractivity contribution is 6.30. The lowest BCUT2D eigenvalue weighted by Gasteiger charge is -2.30. The molecule has 0 aromatic heterocycles. The Morgan fingerprint density at radius 3 is 2.50 bits per heavy atom. The van der Waals surface area contributed by atoms with Crippen LogP contribution in [0.1, 0.15) is 45.1 Å². The van der Waals surface area contributed by atoms with E-state index in [0.29, 0.717) is 30.3 Å². The molecule has 0 N–H and O–H groups in total. The fourth-order valence-corrected chi connectivity index (χ4v) is 4.35. The summed E-state index contributed by atoms with van der Waals surface area (Å²) >= 11 is 6.01. The minimum atomic E-state index is -0.0744. The third kappa shape index (κ3) is 3.92. The van der Waals surface area contributed by atoms with Gasteiger partial charge in [-0.25, -0.2) is 0 Å². The molecule has 162 valence electrons. The topological polar surface area (TPSA) is 38.8 Å². The summed E-state index contributed by atoms with van der Waals surface area (Å²) in [4.78, 5) is 15.4. The molecule has 2 aliphatic heterocycles. The largest absolute Gasteiger partial charge is 0.478 e. The zero-order valence-electron chi connectivity index (χ0n) is 18.2. The summed E-state index contributed by atoms with van der Waals surface area (Å²) in [5, 5.41) is 0.720. The molecule has 0 amide bonds. The van der Waals surface area contributed by atoms with Crippen LogP contribution in [0.4, 0.5) is 0 Å². The second-order valence-corrected chi connectivity index (χ2v) is 8.73. The van der Waals surface area contributed by atoms with E-state index in [4.69, 9.17) is 21.1 Å². The normalized spacial score (nSPS) is 16.5. The van der Waals surface area contributed by atoms with E-state index in [-0.39, 0.29) is 5.78 Å². The van der Waals surface area contributed by atoms with Crippen molar-refractivity contribution in [1.82, 2.24) is 4.90 Å². The highest BCUT2D eigenvalue weighted by Crippen LogP contribution is 2.44. The van der Waals surface area contributed by atoms with Crippen LogP contribution in [0.15, 0.2) is 60.4 Å². The molecule has 0 aliphatic carbocycles. The van der Waals surface area contributed by atoms with Crippen LogP contribution in [-0.2, 0) is 19.5 Å². The van der Waals surface area contributed by atoms with Crippen molar-refractivity contribution in [3.63, 3.8) is 0 Å². The summed E-state index contributed by atoms with van der Waals surface area (Å²) in [5.41, 5.74) is 5.79. The Labute approximate surface area is 193 Å². The van der Waals surface area contributed by atoms with Gasteiger partial charge < -0.3 is 9.47 Å². The van der Waals surface area contributed by atoms with Crippen molar-refractivity contribution in [2.45, 2.75) is 33.4 Å². The number of hydrogen-bond donors (Lipinski definition) is 0. The van der Waals surface area contributed by atoms with Crippen molar-refractivity contribution in [3.8, 4) is 11.5 Å². The molecule has 0 fully saturated rings. The van der Waals surface area contributed by atoms with Crippen LogP contribution in [0.3, 0.4) is 0 Å². The predicted molar refractivity (Wildman–Crippen MR) is 126 cm³/mol. The van der Waals surface area contributed by atoms with E-state index in [9.17, 15) is 4.79 Å². The Bertz CT molecular complexity index is 1210. The van der Waals surface area contributed by atoms with Crippen molar-refractivity contribution in [2.75, 3.05) is 6.73 Å². The van der Waals surface area contributed by atoms with Crippen LogP contribution in [0.25, 0.3) is 6.08 Å². The zero-order chi connectivity index (χ0) is 22.2. The minimum Gasteiger partial charge on any atom is -0.478 e.